The summed E-state index contributed by atoms with van der Waals surface area (Å²) in [5.74, 6) is -0.535. The molecule has 0 bridgehead atoms. The van der Waals surface area contributed by atoms with Crippen molar-refractivity contribution in [3.63, 3.8) is 0 Å². The number of carbonyl (C=O) groups excluding carboxylic acids is 3. The molecule has 0 fully saturated rings. The predicted octanol–water partition coefficient (Wildman–Crippen LogP) is 2.83. The third-order valence-electron chi connectivity index (χ3n) is 3.99. The summed E-state index contributed by atoms with van der Waals surface area (Å²) in [6, 6.07) is 11.5. The molecule has 0 atom stereocenters. The van der Waals surface area contributed by atoms with Crippen LogP contribution in [0.3, 0.4) is 0 Å². The Labute approximate surface area is 183 Å². The van der Waals surface area contributed by atoms with Gasteiger partial charge in [0, 0.05) is 15.6 Å². The molecule has 0 radical (unpaired) electrons. The number of rotatable bonds is 9. The number of halogens is 1. The molecule has 8 nitrogen and oxygen atoms in total. The number of amides is 3. The van der Waals surface area contributed by atoms with E-state index in [0.29, 0.717) is 23.7 Å². The van der Waals surface area contributed by atoms with Crippen molar-refractivity contribution < 1.29 is 23.9 Å². The van der Waals surface area contributed by atoms with Crippen molar-refractivity contribution >= 4 is 33.7 Å². The molecule has 0 spiro atoms. The normalized spacial score (nSPS) is 10.1. The molecular weight excluding hydrogens is 454 g/mol. The van der Waals surface area contributed by atoms with Crippen molar-refractivity contribution in [1.82, 2.24) is 16.2 Å². The summed E-state index contributed by atoms with van der Waals surface area (Å²) in [7, 11) is 1.49. The molecule has 0 aliphatic rings. The summed E-state index contributed by atoms with van der Waals surface area (Å²) in [4.78, 5) is 36.2. The Bertz CT molecular complexity index is 904. The number of unbranched alkanes of at least 4 members (excludes halogenated alkanes) is 1. The second-order valence-corrected chi connectivity index (χ2v) is 7.18. The molecular formula is C21H24BrN3O5. The molecule has 0 aliphatic carbocycles. The Hall–Kier alpha value is -3.07. The molecule has 3 amide bonds. The minimum Gasteiger partial charge on any atom is -0.493 e. The summed E-state index contributed by atoms with van der Waals surface area (Å²) in [6.45, 7) is 2.33. The Morgan fingerprint density at radius 1 is 0.967 bits per heavy atom. The van der Waals surface area contributed by atoms with Gasteiger partial charge in [0.05, 0.1) is 20.3 Å². The highest BCUT2D eigenvalue weighted by atomic mass is 79.9. The molecule has 0 saturated heterocycles. The summed E-state index contributed by atoms with van der Waals surface area (Å²) in [6.07, 6.45) is 1.92. The zero-order chi connectivity index (χ0) is 21.9. The summed E-state index contributed by atoms with van der Waals surface area (Å²) in [5, 5.41) is 2.48. The van der Waals surface area contributed by atoms with Gasteiger partial charge in [0.1, 0.15) is 0 Å². The largest absolute Gasteiger partial charge is 0.493 e. The smallest absolute Gasteiger partial charge is 0.269 e. The maximum absolute atomic E-state index is 12.3. The first-order valence-corrected chi connectivity index (χ1v) is 10.2. The van der Waals surface area contributed by atoms with Crippen molar-refractivity contribution in [3.05, 3.63) is 58.1 Å². The monoisotopic (exact) mass is 477 g/mol. The van der Waals surface area contributed by atoms with Gasteiger partial charge >= 0.3 is 0 Å². The standard InChI is InChI=1S/C21H24BrN3O5/c1-3-4-10-30-17-9-8-15(12-18(17)29-2)21(28)25-24-19(26)13-23-20(27)14-6-5-7-16(22)11-14/h5-9,11-12H,3-4,10,13H2,1-2H3,(H,23,27)(H,24,26)(H,25,28). The number of hydrogen-bond donors (Lipinski definition) is 3. The van der Waals surface area contributed by atoms with Gasteiger partial charge in [-0.2, -0.15) is 0 Å². The molecule has 9 heteroatoms. The average Bonchev–Trinajstić information content (AvgIpc) is 2.76. The van der Waals surface area contributed by atoms with E-state index in [4.69, 9.17) is 9.47 Å². The highest BCUT2D eigenvalue weighted by molar-refractivity contribution is 9.10. The van der Waals surface area contributed by atoms with E-state index in [1.165, 1.54) is 13.2 Å². The lowest BCUT2D eigenvalue weighted by Crippen LogP contribution is -2.46. The molecule has 2 aromatic carbocycles. The van der Waals surface area contributed by atoms with Crippen LogP contribution >= 0.6 is 15.9 Å². The molecule has 0 heterocycles. The van der Waals surface area contributed by atoms with Crippen LogP contribution in [0.5, 0.6) is 11.5 Å². The lowest BCUT2D eigenvalue weighted by atomic mass is 10.2. The van der Waals surface area contributed by atoms with Crippen LogP contribution < -0.4 is 25.6 Å². The second kappa shape index (κ2) is 11.8. The minimum atomic E-state index is -0.571. The predicted molar refractivity (Wildman–Crippen MR) is 115 cm³/mol. The van der Waals surface area contributed by atoms with Gasteiger partial charge in [0.25, 0.3) is 17.7 Å². The third-order valence-corrected chi connectivity index (χ3v) is 4.49. The van der Waals surface area contributed by atoms with Crippen LogP contribution in [0.4, 0.5) is 0 Å². The number of nitrogens with one attached hydrogen (secondary N) is 3. The fourth-order valence-electron chi connectivity index (χ4n) is 2.39. The van der Waals surface area contributed by atoms with Gasteiger partial charge in [-0.25, -0.2) is 0 Å². The maximum Gasteiger partial charge on any atom is 0.269 e. The van der Waals surface area contributed by atoms with E-state index in [1.54, 1.807) is 36.4 Å². The first-order valence-electron chi connectivity index (χ1n) is 9.38. The van der Waals surface area contributed by atoms with Crippen LogP contribution in [0.2, 0.25) is 0 Å². The summed E-state index contributed by atoms with van der Waals surface area (Å²) in [5.41, 5.74) is 5.26. The van der Waals surface area contributed by atoms with Crippen LogP contribution in [-0.2, 0) is 4.79 Å². The first-order chi connectivity index (χ1) is 14.4. The zero-order valence-electron chi connectivity index (χ0n) is 16.8. The number of hydrazine groups is 1. The van der Waals surface area contributed by atoms with Crippen LogP contribution in [0.1, 0.15) is 40.5 Å². The number of hydrogen-bond acceptors (Lipinski definition) is 5. The fraction of sp³-hybridized carbons (Fsp3) is 0.286. The maximum atomic E-state index is 12.3. The lowest BCUT2D eigenvalue weighted by Gasteiger charge is -2.12. The third kappa shape index (κ3) is 7.07. The van der Waals surface area contributed by atoms with Gasteiger partial charge in [-0.1, -0.05) is 35.3 Å². The van der Waals surface area contributed by atoms with Crippen LogP contribution in [0.15, 0.2) is 46.9 Å². The van der Waals surface area contributed by atoms with Crippen LogP contribution in [0.25, 0.3) is 0 Å². The topological polar surface area (TPSA) is 106 Å². The first kappa shape index (κ1) is 23.2. The highest BCUT2D eigenvalue weighted by Gasteiger charge is 2.13. The molecule has 0 saturated carbocycles. The number of ether oxygens (including phenoxy) is 2. The quantitative estimate of drug-likeness (QED) is 0.380. The lowest BCUT2D eigenvalue weighted by molar-refractivity contribution is -0.120. The summed E-state index contributed by atoms with van der Waals surface area (Å²) < 4.78 is 11.6. The fourth-order valence-corrected chi connectivity index (χ4v) is 2.79. The molecule has 2 rings (SSSR count). The van der Waals surface area contributed by atoms with E-state index in [0.717, 1.165) is 17.3 Å². The van der Waals surface area contributed by atoms with Gasteiger partial charge in [-0.3, -0.25) is 25.2 Å². The van der Waals surface area contributed by atoms with Crippen molar-refractivity contribution in [2.75, 3.05) is 20.3 Å². The number of carbonyl (C=O) groups is 3. The minimum absolute atomic E-state index is 0.285. The second-order valence-electron chi connectivity index (χ2n) is 6.26. The van der Waals surface area contributed by atoms with E-state index >= 15 is 0 Å². The average molecular weight is 478 g/mol. The number of methoxy groups -OCH3 is 1. The molecule has 3 N–H and O–H groups in total. The van der Waals surface area contributed by atoms with Gasteiger partial charge in [0.15, 0.2) is 11.5 Å². The van der Waals surface area contributed by atoms with Crippen LogP contribution in [0, 0.1) is 0 Å². The van der Waals surface area contributed by atoms with Gasteiger partial charge < -0.3 is 14.8 Å². The van der Waals surface area contributed by atoms with E-state index in [1.807, 2.05) is 0 Å². The van der Waals surface area contributed by atoms with Crippen molar-refractivity contribution in [2.45, 2.75) is 19.8 Å². The van der Waals surface area contributed by atoms with E-state index in [9.17, 15) is 14.4 Å². The van der Waals surface area contributed by atoms with Crippen LogP contribution in [-0.4, -0.2) is 38.0 Å². The Morgan fingerprint density at radius 3 is 2.43 bits per heavy atom. The van der Waals surface area contributed by atoms with E-state index < -0.39 is 17.7 Å². The van der Waals surface area contributed by atoms with Gasteiger partial charge in [-0.15, -0.1) is 0 Å². The molecule has 2 aromatic rings. The van der Waals surface area contributed by atoms with Gasteiger partial charge in [-0.05, 0) is 42.8 Å². The highest BCUT2D eigenvalue weighted by Crippen LogP contribution is 2.28. The number of benzene rings is 2. The molecule has 0 aromatic heterocycles. The van der Waals surface area contributed by atoms with Crippen molar-refractivity contribution in [1.29, 1.82) is 0 Å². The Balaban J connectivity index is 1.84. The van der Waals surface area contributed by atoms with Crippen molar-refractivity contribution in [2.24, 2.45) is 0 Å². The summed E-state index contributed by atoms with van der Waals surface area (Å²) >= 11 is 3.28. The molecule has 0 unspecified atom stereocenters. The molecule has 30 heavy (non-hydrogen) atoms. The van der Waals surface area contributed by atoms with E-state index in [-0.39, 0.29) is 12.1 Å². The van der Waals surface area contributed by atoms with Crippen molar-refractivity contribution in [3.8, 4) is 11.5 Å². The Morgan fingerprint density at radius 2 is 1.73 bits per heavy atom. The van der Waals surface area contributed by atoms with Gasteiger partial charge in [0.2, 0.25) is 0 Å². The molecule has 0 aliphatic heterocycles. The molecule has 160 valence electrons. The Kier molecular flexibility index (Phi) is 9.14. The SMILES string of the molecule is CCCCOc1ccc(C(=O)NNC(=O)CNC(=O)c2cccc(Br)c2)cc1OC. The van der Waals surface area contributed by atoms with E-state index in [2.05, 4.69) is 39.0 Å². The zero-order valence-corrected chi connectivity index (χ0v) is 18.4.